The molecule has 2 rings (SSSR count). The van der Waals surface area contributed by atoms with Crippen LogP contribution in [-0.2, 0) is 0 Å². The van der Waals surface area contributed by atoms with Gasteiger partial charge in [0.1, 0.15) is 0 Å². The van der Waals surface area contributed by atoms with Gasteiger partial charge >= 0.3 is 0 Å². The number of fused-ring (bicyclic) bond motifs is 1. The van der Waals surface area contributed by atoms with Crippen LogP contribution in [0.2, 0.25) is 0 Å². The Morgan fingerprint density at radius 1 is 1.30 bits per heavy atom. The first kappa shape index (κ1) is 5.29. The van der Waals surface area contributed by atoms with Crippen LogP contribution >= 0.6 is 0 Å². The number of hydrogen-bond acceptors (Lipinski definition) is 1. The average Bonchev–Trinajstić information content (AvgIpc) is 2.33. The van der Waals surface area contributed by atoms with E-state index in [-0.39, 0.29) is 0 Å². The van der Waals surface area contributed by atoms with Crippen molar-refractivity contribution in [2.24, 2.45) is 0 Å². The van der Waals surface area contributed by atoms with Crippen molar-refractivity contribution in [3.63, 3.8) is 0 Å². The van der Waals surface area contributed by atoms with Gasteiger partial charge in [0.05, 0.1) is 11.6 Å². The smallest absolute Gasteiger partial charge is 0.231 e. The minimum Gasteiger partial charge on any atom is -0.319 e. The van der Waals surface area contributed by atoms with Crippen molar-refractivity contribution in [3.05, 3.63) is 24.4 Å². The molecule has 10 heavy (non-hydrogen) atoms. The third-order valence-corrected chi connectivity index (χ3v) is 1.49. The van der Waals surface area contributed by atoms with Crippen molar-refractivity contribution in [2.45, 2.75) is 0 Å². The van der Waals surface area contributed by atoms with Gasteiger partial charge in [0.25, 0.3) is 0 Å². The number of aromatic amines is 2. The number of pyridine rings is 1. The zero-order valence-electron chi connectivity index (χ0n) is 5.39. The largest absolute Gasteiger partial charge is 0.319 e. The van der Waals surface area contributed by atoms with Crippen LogP contribution < -0.4 is 10.7 Å². The van der Waals surface area contributed by atoms with Crippen LogP contribution in [0.15, 0.2) is 24.4 Å². The van der Waals surface area contributed by atoms with Crippen molar-refractivity contribution in [3.8, 4) is 0 Å². The van der Waals surface area contributed by atoms with E-state index in [1.54, 1.807) is 0 Å². The number of nitrogens with two attached hydrogens (primary N) is 1. The standard InChI is InChI=1S/C7H7N3/c8-6-2-1-5-3-4-9-7(5)10-6/h1-4H,(H3,8,9,10)/p+1. The molecular weight excluding hydrogens is 126 g/mol. The van der Waals surface area contributed by atoms with E-state index in [1.165, 1.54) is 0 Å². The Kier molecular flexibility index (Phi) is 0.917. The lowest BCUT2D eigenvalue weighted by Gasteiger charge is -1.85. The second-order valence-corrected chi connectivity index (χ2v) is 2.22. The quantitative estimate of drug-likeness (QED) is 0.543. The molecule has 0 fully saturated rings. The molecule has 0 aliphatic heterocycles. The molecule has 0 aromatic carbocycles. The van der Waals surface area contributed by atoms with Crippen molar-refractivity contribution >= 4 is 16.9 Å². The van der Waals surface area contributed by atoms with E-state index in [0.717, 1.165) is 11.0 Å². The molecule has 3 heteroatoms. The molecule has 0 amide bonds. The Morgan fingerprint density at radius 3 is 3.10 bits per heavy atom. The van der Waals surface area contributed by atoms with Crippen molar-refractivity contribution in [2.75, 3.05) is 5.73 Å². The minimum absolute atomic E-state index is 0.676. The van der Waals surface area contributed by atoms with Gasteiger partial charge in [-0.2, -0.15) is 0 Å². The Morgan fingerprint density at radius 2 is 2.20 bits per heavy atom. The summed E-state index contributed by atoms with van der Waals surface area (Å²) in [6.07, 6.45) is 1.88. The molecule has 4 N–H and O–H groups in total. The molecule has 0 aliphatic carbocycles. The van der Waals surface area contributed by atoms with E-state index >= 15 is 0 Å². The molecule has 0 bridgehead atoms. The van der Waals surface area contributed by atoms with E-state index in [0.29, 0.717) is 5.82 Å². The summed E-state index contributed by atoms with van der Waals surface area (Å²) in [5, 5.41) is 1.15. The topological polar surface area (TPSA) is 56.0 Å². The van der Waals surface area contributed by atoms with Crippen LogP contribution in [0, 0.1) is 0 Å². The maximum Gasteiger partial charge on any atom is 0.231 e. The highest BCUT2D eigenvalue weighted by molar-refractivity contribution is 5.72. The second kappa shape index (κ2) is 1.73. The third kappa shape index (κ3) is 0.639. The fourth-order valence-electron chi connectivity index (χ4n) is 0.994. The predicted octanol–water partition coefficient (Wildman–Crippen LogP) is 0.564. The fraction of sp³-hybridized carbons (Fsp3) is 0. The summed E-state index contributed by atoms with van der Waals surface area (Å²) in [5.74, 6) is 0.676. The number of anilines is 1. The number of nitrogen functional groups attached to an aromatic ring is 1. The highest BCUT2D eigenvalue weighted by Crippen LogP contribution is 2.06. The normalized spacial score (nSPS) is 10.4. The summed E-state index contributed by atoms with van der Waals surface area (Å²) in [5.41, 5.74) is 6.48. The van der Waals surface area contributed by atoms with Gasteiger partial charge in [-0.15, -0.1) is 0 Å². The summed E-state index contributed by atoms with van der Waals surface area (Å²) in [6.45, 7) is 0. The summed E-state index contributed by atoms with van der Waals surface area (Å²) < 4.78 is 0. The van der Waals surface area contributed by atoms with E-state index in [1.807, 2.05) is 24.4 Å². The molecule has 0 aliphatic rings. The molecule has 2 heterocycles. The molecule has 0 atom stereocenters. The first-order valence-corrected chi connectivity index (χ1v) is 3.11. The SMILES string of the molecule is Nc1ccc2cc[nH]c2[nH+]1. The molecule has 0 saturated carbocycles. The maximum absolute atomic E-state index is 5.51. The lowest BCUT2D eigenvalue weighted by atomic mass is 10.3. The number of H-pyrrole nitrogens is 2. The Bertz CT molecular complexity index is 350. The van der Waals surface area contributed by atoms with Gasteiger partial charge in [0.2, 0.25) is 11.5 Å². The molecule has 50 valence electrons. The van der Waals surface area contributed by atoms with Crippen LogP contribution in [0.5, 0.6) is 0 Å². The van der Waals surface area contributed by atoms with Crippen LogP contribution in [0.1, 0.15) is 0 Å². The molecule has 3 nitrogen and oxygen atoms in total. The first-order chi connectivity index (χ1) is 4.86. The molecule has 0 saturated heterocycles. The summed E-state index contributed by atoms with van der Waals surface area (Å²) >= 11 is 0. The van der Waals surface area contributed by atoms with Crippen LogP contribution in [0.4, 0.5) is 5.82 Å². The van der Waals surface area contributed by atoms with E-state index in [2.05, 4.69) is 9.97 Å². The lowest BCUT2D eigenvalue weighted by molar-refractivity contribution is -0.329. The zero-order valence-corrected chi connectivity index (χ0v) is 5.39. The molecule has 2 aromatic heterocycles. The Balaban J connectivity index is 2.86. The van der Waals surface area contributed by atoms with Crippen molar-refractivity contribution in [1.29, 1.82) is 0 Å². The summed E-state index contributed by atoms with van der Waals surface area (Å²) in [6, 6.07) is 5.80. The van der Waals surface area contributed by atoms with Gasteiger partial charge in [-0.3, -0.25) is 4.98 Å². The predicted molar refractivity (Wildman–Crippen MR) is 39.3 cm³/mol. The van der Waals surface area contributed by atoms with Gasteiger partial charge in [-0.25, -0.2) is 4.98 Å². The summed E-state index contributed by atoms with van der Waals surface area (Å²) in [4.78, 5) is 6.02. The van der Waals surface area contributed by atoms with Gasteiger partial charge in [-0.1, -0.05) is 0 Å². The number of nitrogens with one attached hydrogen (secondary N) is 2. The number of aromatic nitrogens is 2. The molecule has 0 radical (unpaired) electrons. The number of hydrogen-bond donors (Lipinski definition) is 2. The average molecular weight is 134 g/mol. The lowest BCUT2D eigenvalue weighted by Crippen LogP contribution is -2.10. The van der Waals surface area contributed by atoms with Crippen molar-refractivity contribution < 1.29 is 4.98 Å². The molecule has 0 unspecified atom stereocenters. The maximum atomic E-state index is 5.51. The van der Waals surface area contributed by atoms with Gasteiger partial charge in [0, 0.05) is 6.07 Å². The van der Waals surface area contributed by atoms with Gasteiger partial charge in [-0.05, 0) is 12.1 Å². The molecule has 0 spiro atoms. The minimum atomic E-state index is 0.676. The van der Waals surface area contributed by atoms with Gasteiger partial charge < -0.3 is 5.73 Å². The summed E-state index contributed by atoms with van der Waals surface area (Å²) in [7, 11) is 0. The van der Waals surface area contributed by atoms with Crippen molar-refractivity contribution in [1.82, 2.24) is 4.98 Å². The van der Waals surface area contributed by atoms with E-state index in [9.17, 15) is 0 Å². The second-order valence-electron chi connectivity index (χ2n) is 2.22. The fourth-order valence-corrected chi connectivity index (χ4v) is 0.994. The monoisotopic (exact) mass is 134 g/mol. The van der Waals surface area contributed by atoms with Crippen LogP contribution in [-0.4, -0.2) is 4.98 Å². The number of rotatable bonds is 0. The third-order valence-electron chi connectivity index (χ3n) is 1.49. The Labute approximate surface area is 57.9 Å². The van der Waals surface area contributed by atoms with Crippen LogP contribution in [0.3, 0.4) is 0 Å². The highest BCUT2D eigenvalue weighted by atomic mass is 14.9. The Hall–Kier alpha value is -1.51. The van der Waals surface area contributed by atoms with E-state index in [4.69, 9.17) is 5.73 Å². The van der Waals surface area contributed by atoms with Gasteiger partial charge in [0.15, 0.2) is 0 Å². The molecular formula is C7H8N3+. The van der Waals surface area contributed by atoms with E-state index < -0.39 is 0 Å². The first-order valence-electron chi connectivity index (χ1n) is 3.11. The van der Waals surface area contributed by atoms with Crippen LogP contribution in [0.25, 0.3) is 11.0 Å². The highest BCUT2D eigenvalue weighted by Gasteiger charge is 1.97. The zero-order chi connectivity index (χ0) is 6.97. The molecule has 2 aromatic rings.